The molecule has 0 aliphatic carbocycles. The SMILES string of the molecule is CCN(c1cnc(N2CCN(C)CC2)nc1)c1cc(CN2CCC(CC(=O)O)CC2)cc(-c2cc(Cl)cc(Cl)c2)n1. The number of carbonyl (C=O) groups is 1. The summed E-state index contributed by atoms with van der Waals surface area (Å²) in [5.74, 6) is 1.07. The molecule has 4 heterocycles. The molecule has 2 aliphatic rings. The van der Waals surface area contributed by atoms with Crippen LogP contribution in [0.3, 0.4) is 0 Å². The fraction of sp³-hybridized carbons (Fsp3) is 0.467. The van der Waals surface area contributed by atoms with E-state index in [9.17, 15) is 9.90 Å². The minimum Gasteiger partial charge on any atom is -0.481 e. The third kappa shape index (κ3) is 7.65. The first-order valence-corrected chi connectivity index (χ1v) is 15.0. The number of likely N-dealkylation sites (tertiary alicyclic amines) is 1. The van der Waals surface area contributed by atoms with Crippen LogP contribution in [-0.4, -0.2) is 88.7 Å². The molecular weight excluding hydrogens is 561 g/mol. The summed E-state index contributed by atoms with van der Waals surface area (Å²) in [5.41, 5.74) is 3.63. The van der Waals surface area contributed by atoms with Gasteiger partial charge in [-0.2, -0.15) is 0 Å². The Kier molecular flexibility index (Phi) is 9.60. The molecular formula is C30H37Cl2N7O2. The summed E-state index contributed by atoms with van der Waals surface area (Å²) in [6.45, 7) is 9.07. The molecule has 5 rings (SSSR count). The summed E-state index contributed by atoms with van der Waals surface area (Å²) in [7, 11) is 2.13. The zero-order valence-corrected chi connectivity index (χ0v) is 25.2. The maximum absolute atomic E-state index is 11.2. The Labute approximate surface area is 251 Å². The van der Waals surface area contributed by atoms with E-state index in [0.717, 1.165) is 92.9 Å². The molecule has 1 N–H and O–H groups in total. The van der Waals surface area contributed by atoms with Crippen LogP contribution in [0.2, 0.25) is 10.0 Å². The van der Waals surface area contributed by atoms with Crippen molar-refractivity contribution in [3.8, 4) is 11.3 Å². The largest absolute Gasteiger partial charge is 0.481 e. The highest BCUT2D eigenvalue weighted by atomic mass is 35.5. The van der Waals surface area contributed by atoms with E-state index < -0.39 is 5.97 Å². The zero-order valence-electron chi connectivity index (χ0n) is 23.6. The minimum absolute atomic E-state index is 0.241. The number of anilines is 3. The number of halogens is 2. The van der Waals surface area contributed by atoms with Crippen LogP contribution in [-0.2, 0) is 11.3 Å². The van der Waals surface area contributed by atoms with E-state index in [0.29, 0.717) is 16.6 Å². The number of likely N-dealkylation sites (N-methyl/N-ethyl adjacent to an activating group) is 1. The van der Waals surface area contributed by atoms with Gasteiger partial charge in [0.2, 0.25) is 5.95 Å². The molecule has 0 bridgehead atoms. The van der Waals surface area contributed by atoms with E-state index in [1.165, 1.54) is 0 Å². The van der Waals surface area contributed by atoms with E-state index in [1.54, 1.807) is 6.07 Å². The van der Waals surface area contributed by atoms with Crippen LogP contribution in [0.15, 0.2) is 42.7 Å². The highest BCUT2D eigenvalue weighted by molar-refractivity contribution is 6.35. The van der Waals surface area contributed by atoms with E-state index in [1.807, 2.05) is 24.5 Å². The third-order valence-electron chi connectivity index (χ3n) is 7.92. The summed E-state index contributed by atoms with van der Waals surface area (Å²) < 4.78 is 0. The predicted octanol–water partition coefficient (Wildman–Crippen LogP) is 5.44. The van der Waals surface area contributed by atoms with E-state index >= 15 is 0 Å². The normalized spacial score (nSPS) is 17.1. The fourth-order valence-electron chi connectivity index (χ4n) is 5.60. The van der Waals surface area contributed by atoms with Gasteiger partial charge in [-0.25, -0.2) is 15.0 Å². The smallest absolute Gasteiger partial charge is 0.303 e. The van der Waals surface area contributed by atoms with Gasteiger partial charge in [0.25, 0.3) is 0 Å². The van der Waals surface area contributed by atoms with Gasteiger partial charge in [-0.05, 0) is 81.7 Å². The van der Waals surface area contributed by atoms with Crippen LogP contribution < -0.4 is 9.80 Å². The predicted molar refractivity (Wildman–Crippen MR) is 164 cm³/mol. The Morgan fingerprint density at radius 3 is 2.24 bits per heavy atom. The van der Waals surface area contributed by atoms with Gasteiger partial charge in [0.15, 0.2) is 0 Å². The number of aliphatic carboxylic acids is 1. The molecule has 1 aromatic carbocycles. The van der Waals surface area contributed by atoms with Crippen LogP contribution in [0.1, 0.15) is 31.7 Å². The Morgan fingerprint density at radius 2 is 1.63 bits per heavy atom. The monoisotopic (exact) mass is 597 g/mol. The van der Waals surface area contributed by atoms with Gasteiger partial charge < -0.3 is 19.8 Å². The van der Waals surface area contributed by atoms with Crippen LogP contribution in [0, 0.1) is 5.92 Å². The fourth-order valence-corrected chi connectivity index (χ4v) is 6.13. The molecule has 3 aromatic rings. The van der Waals surface area contributed by atoms with Crippen LogP contribution >= 0.6 is 23.2 Å². The lowest BCUT2D eigenvalue weighted by atomic mass is 9.93. The topological polar surface area (TPSA) is 88.9 Å². The Bertz CT molecular complexity index is 1320. The Morgan fingerprint density at radius 1 is 0.976 bits per heavy atom. The molecule has 0 amide bonds. The Hall–Kier alpha value is -2.98. The van der Waals surface area contributed by atoms with Crippen molar-refractivity contribution in [3.05, 3.63) is 58.3 Å². The number of piperidine rings is 1. The van der Waals surface area contributed by atoms with Crippen molar-refractivity contribution in [2.75, 3.05) is 62.7 Å². The van der Waals surface area contributed by atoms with Crippen LogP contribution in [0.5, 0.6) is 0 Å². The molecule has 2 aromatic heterocycles. The van der Waals surface area contributed by atoms with E-state index in [2.05, 4.69) is 45.7 Å². The number of carboxylic acid groups (broad SMARTS) is 1. The number of nitrogens with zero attached hydrogens (tertiary/aromatic N) is 7. The lowest BCUT2D eigenvalue weighted by molar-refractivity contribution is -0.138. The first kappa shape index (κ1) is 29.5. The van der Waals surface area contributed by atoms with E-state index in [-0.39, 0.29) is 12.3 Å². The first-order valence-electron chi connectivity index (χ1n) is 14.2. The molecule has 0 unspecified atom stereocenters. The molecule has 11 heteroatoms. The standard InChI is InChI=1S/C30H37Cl2N7O2/c1-3-39(26-18-33-30(34-19-26)38-10-8-36(2)9-11-38)28-13-22(20-37-6-4-21(5-7-37)14-29(40)41)12-27(35-28)23-15-24(31)17-25(32)16-23/h12-13,15-19,21H,3-11,14,20H2,1-2H3,(H,40,41). The molecule has 2 fully saturated rings. The molecule has 2 aliphatic heterocycles. The molecule has 0 saturated carbocycles. The van der Waals surface area contributed by atoms with Crippen molar-refractivity contribution >= 4 is 46.6 Å². The van der Waals surface area contributed by atoms with Crippen LogP contribution in [0.4, 0.5) is 17.5 Å². The van der Waals surface area contributed by atoms with Crippen LogP contribution in [0.25, 0.3) is 11.3 Å². The second kappa shape index (κ2) is 13.3. The van der Waals surface area contributed by atoms with Gasteiger partial charge in [0.1, 0.15) is 5.82 Å². The zero-order chi connectivity index (χ0) is 28.9. The summed E-state index contributed by atoms with van der Waals surface area (Å²) >= 11 is 12.7. The third-order valence-corrected chi connectivity index (χ3v) is 8.36. The maximum atomic E-state index is 11.2. The number of hydrogen-bond donors (Lipinski definition) is 1. The average Bonchev–Trinajstić information content (AvgIpc) is 2.94. The number of benzene rings is 1. The van der Waals surface area contributed by atoms with Gasteiger partial charge in [-0.1, -0.05) is 23.2 Å². The summed E-state index contributed by atoms with van der Waals surface area (Å²) in [6.07, 6.45) is 5.77. The van der Waals surface area contributed by atoms with Crippen molar-refractivity contribution in [3.63, 3.8) is 0 Å². The van der Waals surface area contributed by atoms with Crippen molar-refractivity contribution in [2.24, 2.45) is 5.92 Å². The molecule has 41 heavy (non-hydrogen) atoms. The molecule has 9 nitrogen and oxygen atoms in total. The molecule has 0 radical (unpaired) electrons. The number of rotatable bonds is 9. The molecule has 2 saturated heterocycles. The number of carboxylic acids is 1. The lowest BCUT2D eigenvalue weighted by Gasteiger charge is -2.32. The lowest BCUT2D eigenvalue weighted by Crippen LogP contribution is -2.45. The summed E-state index contributed by atoms with van der Waals surface area (Å²) in [4.78, 5) is 34.7. The van der Waals surface area contributed by atoms with Gasteiger partial charge in [0, 0.05) is 61.3 Å². The van der Waals surface area contributed by atoms with Crippen molar-refractivity contribution < 1.29 is 9.90 Å². The molecule has 218 valence electrons. The second-order valence-corrected chi connectivity index (χ2v) is 11.8. The molecule has 0 atom stereocenters. The van der Waals surface area contributed by atoms with Gasteiger partial charge >= 0.3 is 5.97 Å². The van der Waals surface area contributed by atoms with Gasteiger partial charge in [0.05, 0.1) is 23.8 Å². The van der Waals surface area contributed by atoms with Crippen molar-refractivity contribution in [1.29, 1.82) is 0 Å². The number of aromatic nitrogens is 3. The second-order valence-electron chi connectivity index (χ2n) is 11.0. The number of hydrogen-bond acceptors (Lipinski definition) is 8. The number of pyridine rings is 1. The Balaban J connectivity index is 1.42. The summed E-state index contributed by atoms with van der Waals surface area (Å²) in [5, 5.41) is 10.3. The van der Waals surface area contributed by atoms with E-state index in [4.69, 9.17) is 38.2 Å². The first-order chi connectivity index (χ1) is 19.8. The maximum Gasteiger partial charge on any atom is 0.303 e. The quantitative estimate of drug-likeness (QED) is 0.346. The average molecular weight is 599 g/mol. The van der Waals surface area contributed by atoms with Gasteiger partial charge in [-0.3, -0.25) is 9.69 Å². The number of piperazine rings is 1. The van der Waals surface area contributed by atoms with Crippen molar-refractivity contribution in [1.82, 2.24) is 24.8 Å². The highest BCUT2D eigenvalue weighted by Crippen LogP contribution is 2.32. The molecule has 0 spiro atoms. The minimum atomic E-state index is -0.716. The highest BCUT2D eigenvalue weighted by Gasteiger charge is 2.23. The van der Waals surface area contributed by atoms with Crippen molar-refractivity contribution in [2.45, 2.75) is 32.7 Å². The summed E-state index contributed by atoms with van der Waals surface area (Å²) in [6, 6.07) is 9.69. The van der Waals surface area contributed by atoms with Gasteiger partial charge in [-0.15, -0.1) is 0 Å².